The van der Waals surface area contributed by atoms with Crippen molar-refractivity contribution < 1.29 is 9.53 Å². The molecule has 0 atom stereocenters. The molecule has 0 spiro atoms. The lowest BCUT2D eigenvalue weighted by molar-refractivity contribution is -0.130. The van der Waals surface area contributed by atoms with Gasteiger partial charge in [0.25, 0.3) is 5.91 Å². The predicted molar refractivity (Wildman–Crippen MR) is 70.0 cm³/mol. The Morgan fingerprint density at radius 1 is 1.50 bits per heavy atom. The highest BCUT2D eigenvalue weighted by molar-refractivity contribution is 7.12. The van der Waals surface area contributed by atoms with Crippen LogP contribution in [-0.2, 0) is 9.53 Å². The summed E-state index contributed by atoms with van der Waals surface area (Å²) >= 11 is 1.57. The molecular formula is C13H14N2O2S. The number of amides is 1. The second kappa shape index (κ2) is 5.80. The first-order valence-corrected chi connectivity index (χ1v) is 6.57. The zero-order chi connectivity index (χ0) is 13.0. The van der Waals surface area contributed by atoms with Gasteiger partial charge in [-0.15, -0.1) is 11.3 Å². The summed E-state index contributed by atoms with van der Waals surface area (Å²) in [5, 5.41) is 9.10. The van der Waals surface area contributed by atoms with Crippen molar-refractivity contribution in [3.05, 3.63) is 27.5 Å². The van der Waals surface area contributed by atoms with E-state index in [0.717, 1.165) is 9.75 Å². The summed E-state index contributed by atoms with van der Waals surface area (Å²) < 4.78 is 5.19. The van der Waals surface area contributed by atoms with Gasteiger partial charge in [-0.05, 0) is 25.1 Å². The summed E-state index contributed by atoms with van der Waals surface area (Å²) in [5.41, 5.74) is 0.193. The number of hydrogen-bond acceptors (Lipinski definition) is 4. The lowest BCUT2D eigenvalue weighted by Gasteiger charge is -2.26. The number of aryl methyl sites for hydroxylation is 1. The zero-order valence-corrected chi connectivity index (χ0v) is 11.0. The molecule has 1 aromatic rings. The van der Waals surface area contributed by atoms with E-state index >= 15 is 0 Å². The van der Waals surface area contributed by atoms with Crippen LogP contribution in [-0.4, -0.2) is 37.1 Å². The van der Waals surface area contributed by atoms with Crippen LogP contribution in [0.3, 0.4) is 0 Å². The highest BCUT2D eigenvalue weighted by Gasteiger charge is 2.20. The molecule has 1 aliphatic rings. The molecule has 1 fully saturated rings. The average molecular weight is 262 g/mol. The molecule has 0 N–H and O–H groups in total. The molecule has 5 heteroatoms. The van der Waals surface area contributed by atoms with E-state index in [-0.39, 0.29) is 11.5 Å². The summed E-state index contributed by atoms with van der Waals surface area (Å²) in [6.07, 6.45) is 1.66. The molecule has 94 valence electrons. The van der Waals surface area contributed by atoms with Crippen molar-refractivity contribution in [1.82, 2.24) is 4.90 Å². The quantitative estimate of drug-likeness (QED) is 0.603. The van der Waals surface area contributed by atoms with E-state index in [1.165, 1.54) is 0 Å². The third-order valence-corrected chi connectivity index (χ3v) is 3.64. The Morgan fingerprint density at radius 2 is 2.22 bits per heavy atom. The van der Waals surface area contributed by atoms with Crippen molar-refractivity contribution in [3.63, 3.8) is 0 Å². The van der Waals surface area contributed by atoms with Gasteiger partial charge >= 0.3 is 0 Å². The third kappa shape index (κ3) is 2.97. The molecule has 0 radical (unpaired) electrons. The van der Waals surface area contributed by atoms with Crippen molar-refractivity contribution in [1.29, 1.82) is 5.26 Å². The molecular weight excluding hydrogens is 248 g/mol. The Kier molecular flexibility index (Phi) is 4.13. The maximum atomic E-state index is 12.1. The molecule has 0 aliphatic carbocycles. The Labute approximate surface area is 110 Å². The smallest absolute Gasteiger partial charge is 0.264 e. The molecule has 2 rings (SSSR count). The van der Waals surface area contributed by atoms with Gasteiger partial charge in [0.1, 0.15) is 11.6 Å². The molecule has 2 heterocycles. The van der Waals surface area contributed by atoms with E-state index in [9.17, 15) is 4.79 Å². The number of thiophene rings is 1. The average Bonchev–Trinajstić information content (AvgIpc) is 2.82. The van der Waals surface area contributed by atoms with E-state index in [0.29, 0.717) is 26.3 Å². The minimum Gasteiger partial charge on any atom is -0.378 e. The van der Waals surface area contributed by atoms with Gasteiger partial charge in [0, 0.05) is 22.8 Å². The number of nitrogens with zero attached hydrogens (tertiary/aromatic N) is 2. The standard InChI is InChI=1S/C13H14N2O2S/c1-10-2-3-12(18-10)8-11(9-14)13(16)15-4-6-17-7-5-15/h2-3,8H,4-7H2,1H3. The molecule has 4 nitrogen and oxygen atoms in total. The maximum Gasteiger partial charge on any atom is 0.264 e. The van der Waals surface area contributed by atoms with Crippen molar-refractivity contribution in [2.45, 2.75) is 6.92 Å². The van der Waals surface area contributed by atoms with Crippen LogP contribution in [0.5, 0.6) is 0 Å². The van der Waals surface area contributed by atoms with Gasteiger partial charge in [-0.1, -0.05) is 0 Å². The summed E-state index contributed by atoms with van der Waals surface area (Å²) in [6, 6.07) is 5.89. The second-order valence-corrected chi connectivity index (χ2v) is 5.34. The first kappa shape index (κ1) is 12.8. The first-order valence-electron chi connectivity index (χ1n) is 5.76. The SMILES string of the molecule is Cc1ccc(C=C(C#N)C(=O)N2CCOCC2)s1. The Hall–Kier alpha value is -1.64. The van der Waals surface area contributed by atoms with Gasteiger partial charge in [0.15, 0.2) is 0 Å². The minimum atomic E-state index is -0.202. The van der Waals surface area contributed by atoms with Gasteiger partial charge < -0.3 is 9.64 Å². The summed E-state index contributed by atoms with van der Waals surface area (Å²) in [4.78, 5) is 15.9. The largest absolute Gasteiger partial charge is 0.378 e. The highest BCUT2D eigenvalue weighted by atomic mass is 32.1. The minimum absolute atomic E-state index is 0.193. The van der Waals surface area contributed by atoms with Gasteiger partial charge in [0.05, 0.1) is 13.2 Å². The fraction of sp³-hybridized carbons (Fsp3) is 0.385. The Bertz CT molecular complexity index is 507. The third-order valence-electron chi connectivity index (χ3n) is 2.70. The zero-order valence-electron chi connectivity index (χ0n) is 10.2. The second-order valence-electron chi connectivity index (χ2n) is 4.02. The lowest BCUT2D eigenvalue weighted by Crippen LogP contribution is -2.41. The normalized spacial score (nSPS) is 16.4. The van der Waals surface area contributed by atoms with Crippen LogP contribution in [0.15, 0.2) is 17.7 Å². The van der Waals surface area contributed by atoms with Crippen LogP contribution in [0, 0.1) is 18.3 Å². The van der Waals surface area contributed by atoms with E-state index in [4.69, 9.17) is 10.00 Å². The monoisotopic (exact) mass is 262 g/mol. The maximum absolute atomic E-state index is 12.1. The molecule has 0 bridgehead atoms. The Balaban J connectivity index is 2.15. The fourth-order valence-electron chi connectivity index (χ4n) is 1.75. The van der Waals surface area contributed by atoms with Crippen molar-refractivity contribution in [2.24, 2.45) is 0 Å². The summed E-state index contributed by atoms with van der Waals surface area (Å²) in [5.74, 6) is -0.202. The molecule has 1 saturated heterocycles. The van der Waals surface area contributed by atoms with E-state index in [1.54, 1.807) is 22.3 Å². The van der Waals surface area contributed by atoms with Crippen LogP contribution in [0.4, 0.5) is 0 Å². The summed E-state index contributed by atoms with van der Waals surface area (Å²) in [7, 11) is 0. The van der Waals surface area contributed by atoms with Gasteiger partial charge in [-0.25, -0.2) is 0 Å². The van der Waals surface area contributed by atoms with Crippen molar-refractivity contribution >= 4 is 23.3 Å². The Morgan fingerprint density at radius 3 is 2.78 bits per heavy atom. The van der Waals surface area contributed by atoms with Crippen LogP contribution >= 0.6 is 11.3 Å². The van der Waals surface area contributed by atoms with E-state index in [2.05, 4.69) is 0 Å². The number of hydrogen-bond donors (Lipinski definition) is 0. The molecule has 18 heavy (non-hydrogen) atoms. The van der Waals surface area contributed by atoms with E-state index < -0.39 is 0 Å². The molecule has 1 aromatic heterocycles. The molecule has 1 aliphatic heterocycles. The van der Waals surface area contributed by atoms with Crippen LogP contribution < -0.4 is 0 Å². The van der Waals surface area contributed by atoms with Crippen LogP contribution in [0.2, 0.25) is 0 Å². The fourth-order valence-corrected chi connectivity index (χ4v) is 2.57. The van der Waals surface area contributed by atoms with Crippen molar-refractivity contribution in [3.8, 4) is 6.07 Å². The van der Waals surface area contributed by atoms with Gasteiger partial charge in [0.2, 0.25) is 0 Å². The number of nitriles is 1. The number of morpholine rings is 1. The number of ether oxygens (including phenoxy) is 1. The number of rotatable bonds is 2. The van der Waals surface area contributed by atoms with Gasteiger partial charge in [-0.3, -0.25) is 4.79 Å². The molecule has 0 aromatic carbocycles. The van der Waals surface area contributed by atoms with Crippen LogP contribution in [0.25, 0.3) is 6.08 Å². The molecule has 0 saturated carbocycles. The predicted octanol–water partition coefficient (Wildman–Crippen LogP) is 1.82. The number of carbonyl (C=O) groups excluding carboxylic acids is 1. The topological polar surface area (TPSA) is 53.3 Å². The first-order chi connectivity index (χ1) is 8.70. The van der Waals surface area contributed by atoms with E-state index in [1.807, 2.05) is 25.1 Å². The van der Waals surface area contributed by atoms with Gasteiger partial charge in [-0.2, -0.15) is 5.26 Å². The van der Waals surface area contributed by atoms with Crippen LogP contribution in [0.1, 0.15) is 9.75 Å². The molecule has 1 amide bonds. The lowest BCUT2D eigenvalue weighted by atomic mass is 10.2. The number of carbonyl (C=O) groups is 1. The molecule has 0 unspecified atom stereocenters. The summed E-state index contributed by atoms with van der Waals surface area (Å²) in [6.45, 7) is 4.20. The van der Waals surface area contributed by atoms with Crippen molar-refractivity contribution in [2.75, 3.05) is 26.3 Å². The highest BCUT2D eigenvalue weighted by Crippen LogP contribution is 2.19.